The zero-order valence-corrected chi connectivity index (χ0v) is 14.9. The molecule has 3 nitrogen and oxygen atoms in total. The maximum absolute atomic E-state index is 6.21. The number of thioether (sulfide) groups is 1. The molecule has 0 aliphatic rings. The predicted molar refractivity (Wildman–Crippen MR) is 93.5 cm³/mol. The van der Waals surface area contributed by atoms with Crippen molar-refractivity contribution in [3.05, 3.63) is 45.7 Å². The van der Waals surface area contributed by atoms with Gasteiger partial charge in [-0.1, -0.05) is 60.4 Å². The van der Waals surface area contributed by atoms with Crippen LogP contribution in [0.1, 0.15) is 30.9 Å². The highest BCUT2D eigenvalue weighted by atomic mass is 35.5. The summed E-state index contributed by atoms with van der Waals surface area (Å²) in [6, 6.07) is 7.95. The largest absolute Gasteiger partial charge is 0.494 e. The molecule has 0 bridgehead atoms. The van der Waals surface area contributed by atoms with Crippen LogP contribution in [-0.4, -0.2) is 22.8 Å². The van der Waals surface area contributed by atoms with Crippen LogP contribution in [0, 0.1) is 0 Å². The van der Waals surface area contributed by atoms with Crippen molar-refractivity contribution in [2.45, 2.75) is 31.3 Å². The third kappa shape index (κ3) is 4.77. The lowest BCUT2D eigenvalue weighted by atomic mass is 10.1. The van der Waals surface area contributed by atoms with Gasteiger partial charge in [-0.15, -0.1) is 0 Å². The molecule has 1 aromatic heterocycles. The monoisotopic (exact) mass is 356 g/mol. The first kappa shape index (κ1) is 17.4. The highest BCUT2D eigenvalue weighted by Gasteiger charge is 2.12. The topological polar surface area (TPSA) is 35.0 Å². The number of unbranched alkanes of at least 4 members (excludes halogenated alkanes) is 1. The molecule has 1 aromatic carbocycles. The van der Waals surface area contributed by atoms with Gasteiger partial charge in [0.15, 0.2) is 5.16 Å². The summed E-state index contributed by atoms with van der Waals surface area (Å²) in [5.74, 6) is 0.878. The number of benzene rings is 1. The van der Waals surface area contributed by atoms with Crippen molar-refractivity contribution in [2.75, 3.05) is 12.9 Å². The number of rotatable bonds is 7. The third-order valence-corrected chi connectivity index (χ3v) is 4.31. The average Bonchev–Trinajstić information content (AvgIpc) is 2.52. The molecule has 0 saturated heterocycles. The first-order valence-electron chi connectivity index (χ1n) is 7.11. The lowest BCUT2D eigenvalue weighted by Crippen LogP contribution is -1.99. The van der Waals surface area contributed by atoms with E-state index in [0.717, 1.165) is 36.3 Å². The van der Waals surface area contributed by atoms with Gasteiger partial charge in [0, 0.05) is 12.0 Å². The van der Waals surface area contributed by atoms with E-state index in [-0.39, 0.29) is 0 Å². The molecule has 0 aliphatic heterocycles. The molecular weight excluding hydrogens is 339 g/mol. The standard InChI is InChI=1S/C16H18Cl2N2OS/c1-3-4-9-21-12-7-5-11(6-8-12)10-13-14(17)19-16(22-2)20-15(13)18/h5-8H,3-4,9-10H2,1-2H3. The van der Waals surface area contributed by atoms with E-state index in [4.69, 9.17) is 27.9 Å². The fraction of sp³-hybridized carbons (Fsp3) is 0.375. The second-order valence-electron chi connectivity index (χ2n) is 4.79. The van der Waals surface area contributed by atoms with Crippen LogP contribution >= 0.6 is 35.0 Å². The van der Waals surface area contributed by atoms with E-state index in [2.05, 4.69) is 16.9 Å². The fourth-order valence-electron chi connectivity index (χ4n) is 1.89. The van der Waals surface area contributed by atoms with Crippen LogP contribution in [0.4, 0.5) is 0 Å². The van der Waals surface area contributed by atoms with Gasteiger partial charge in [-0.05, 0) is 30.4 Å². The van der Waals surface area contributed by atoms with Gasteiger partial charge >= 0.3 is 0 Å². The van der Waals surface area contributed by atoms with E-state index in [1.165, 1.54) is 11.8 Å². The van der Waals surface area contributed by atoms with Crippen molar-refractivity contribution in [1.82, 2.24) is 9.97 Å². The molecule has 6 heteroatoms. The molecule has 1 heterocycles. The molecule has 0 spiro atoms. The number of nitrogens with zero attached hydrogens (tertiary/aromatic N) is 2. The van der Waals surface area contributed by atoms with Gasteiger partial charge < -0.3 is 4.74 Å². The second-order valence-corrected chi connectivity index (χ2v) is 6.28. The van der Waals surface area contributed by atoms with Gasteiger partial charge in [0.05, 0.1) is 6.61 Å². The van der Waals surface area contributed by atoms with E-state index in [0.29, 0.717) is 21.9 Å². The van der Waals surface area contributed by atoms with E-state index < -0.39 is 0 Å². The predicted octanol–water partition coefficient (Wildman–Crippen LogP) is 5.28. The molecule has 0 fully saturated rings. The fourth-order valence-corrected chi connectivity index (χ4v) is 2.88. The number of ether oxygens (including phenoxy) is 1. The Kier molecular flexibility index (Phi) is 6.80. The first-order valence-corrected chi connectivity index (χ1v) is 9.09. The van der Waals surface area contributed by atoms with Crippen molar-refractivity contribution < 1.29 is 4.74 Å². The quantitative estimate of drug-likeness (QED) is 0.292. The van der Waals surface area contributed by atoms with Crippen molar-refractivity contribution >= 4 is 35.0 Å². The number of halogens is 2. The summed E-state index contributed by atoms with van der Waals surface area (Å²) in [6.07, 6.45) is 4.67. The smallest absolute Gasteiger partial charge is 0.190 e. The minimum absolute atomic E-state index is 0.410. The summed E-state index contributed by atoms with van der Waals surface area (Å²) in [5, 5.41) is 1.40. The second kappa shape index (κ2) is 8.61. The maximum Gasteiger partial charge on any atom is 0.190 e. The Bertz CT molecular complexity index is 597. The molecule has 22 heavy (non-hydrogen) atoms. The summed E-state index contributed by atoms with van der Waals surface area (Å²) in [6.45, 7) is 2.89. The zero-order chi connectivity index (χ0) is 15.9. The molecule has 2 rings (SSSR count). The van der Waals surface area contributed by atoms with Crippen LogP contribution < -0.4 is 4.74 Å². The third-order valence-electron chi connectivity index (χ3n) is 3.14. The molecule has 0 aliphatic carbocycles. The number of hydrogen-bond donors (Lipinski definition) is 0. The Balaban J connectivity index is 2.08. The number of hydrogen-bond acceptors (Lipinski definition) is 4. The van der Waals surface area contributed by atoms with Crippen LogP contribution in [0.3, 0.4) is 0 Å². The Morgan fingerprint density at radius 3 is 2.27 bits per heavy atom. The zero-order valence-electron chi connectivity index (χ0n) is 12.6. The SMILES string of the molecule is CCCCOc1ccc(Cc2c(Cl)nc(SC)nc2Cl)cc1. The Labute approximate surface area is 145 Å². The van der Waals surface area contributed by atoms with Crippen LogP contribution in [0.25, 0.3) is 0 Å². The molecule has 0 atom stereocenters. The molecule has 118 valence electrons. The van der Waals surface area contributed by atoms with Crippen molar-refractivity contribution in [3.8, 4) is 5.75 Å². The van der Waals surface area contributed by atoms with Gasteiger partial charge in [-0.25, -0.2) is 9.97 Å². The number of aromatic nitrogens is 2. The lowest BCUT2D eigenvalue weighted by molar-refractivity contribution is 0.309. The Morgan fingerprint density at radius 2 is 1.73 bits per heavy atom. The normalized spacial score (nSPS) is 10.7. The Morgan fingerprint density at radius 1 is 1.09 bits per heavy atom. The van der Waals surface area contributed by atoms with Gasteiger partial charge in [0.25, 0.3) is 0 Å². The Hall–Kier alpha value is -0.970. The molecule has 2 aromatic rings. The van der Waals surface area contributed by atoms with E-state index in [1.54, 1.807) is 0 Å². The molecular formula is C16H18Cl2N2OS. The van der Waals surface area contributed by atoms with E-state index in [1.807, 2.05) is 30.5 Å². The summed E-state index contributed by atoms with van der Waals surface area (Å²) in [5.41, 5.74) is 1.84. The van der Waals surface area contributed by atoms with E-state index >= 15 is 0 Å². The average molecular weight is 357 g/mol. The van der Waals surface area contributed by atoms with Crippen LogP contribution in [0.15, 0.2) is 29.4 Å². The van der Waals surface area contributed by atoms with Gasteiger partial charge in [0.1, 0.15) is 16.1 Å². The molecule has 0 saturated carbocycles. The molecule has 0 amide bonds. The van der Waals surface area contributed by atoms with E-state index in [9.17, 15) is 0 Å². The van der Waals surface area contributed by atoms with Crippen molar-refractivity contribution in [3.63, 3.8) is 0 Å². The van der Waals surface area contributed by atoms with Crippen molar-refractivity contribution in [2.24, 2.45) is 0 Å². The summed E-state index contributed by atoms with van der Waals surface area (Å²) in [4.78, 5) is 8.45. The lowest BCUT2D eigenvalue weighted by Gasteiger charge is -2.09. The van der Waals surface area contributed by atoms with Crippen LogP contribution in [0.2, 0.25) is 10.3 Å². The summed E-state index contributed by atoms with van der Waals surface area (Å²) >= 11 is 13.8. The summed E-state index contributed by atoms with van der Waals surface area (Å²) in [7, 11) is 0. The minimum Gasteiger partial charge on any atom is -0.494 e. The highest BCUT2D eigenvalue weighted by Crippen LogP contribution is 2.27. The first-order chi connectivity index (χ1) is 10.6. The van der Waals surface area contributed by atoms with Gasteiger partial charge in [0.2, 0.25) is 0 Å². The van der Waals surface area contributed by atoms with Crippen LogP contribution in [-0.2, 0) is 6.42 Å². The minimum atomic E-state index is 0.410. The van der Waals surface area contributed by atoms with Crippen LogP contribution in [0.5, 0.6) is 5.75 Å². The highest BCUT2D eigenvalue weighted by molar-refractivity contribution is 7.98. The summed E-state index contributed by atoms with van der Waals surface area (Å²) < 4.78 is 5.65. The van der Waals surface area contributed by atoms with Gasteiger partial charge in [-0.3, -0.25) is 0 Å². The maximum atomic E-state index is 6.21. The van der Waals surface area contributed by atoms with Crippen molar-refractivity contribution in [1.29, 1.82) is 0 Å². The molecule has 0 N–H and O–H groups in total. The molecule has 0 unspecified atom stereocenters. The van der Waals surface area contributed by atoms with Gasteiger partial charge in [-0.2, -0.15) is 0 Å². The molecule has 0 radical (unpaired) electrons.